The van der Waals surface area contributed by atoms with Crippen molar-refractivity contribution in [2.75, 3.05) is 23.9 Å². The van der Waals surface area contributed by atoms with Gasteiger partial charge in [0.25, 0.3) is 0 Å². The van der Waals surface area contributed by atoms with Gasteiger partial charge in [0.15, 0.2) is 0 Å². The van der Waals surface area contributed by atoms with Gasteiger partial charge in [-0.05, 0) is 53.5 Å². The largest absolute Gasteiger partial charge is 0.384 e. The number of tetrazole rings is 1. The number of hydrogen-bond donors (Lipinski definition) is 1. The number of nitrogens with one attached hydrogen (secondary N) is 1. The van der Waals surface area contributed by atoms with Gasteiger partial charge in [0, 0.05) is 6.54 Å². The summed E-state index contributed by atoms with van der Waals surface area (Å²) in [6.07, 6.45) is 6.02. The number of halogens is 1. The van der Waals surface area contributed by atoms with Gasteiger partial charge >= 0.3 is 0 Å². The van der Waals surface area contributed by atoms with Gasteiger partial charge in [0.1, 0.15) is 6.33 Å². The molecule has 0 aliphatic rings. The molecule has 1 aromatic heterocycles. The van der Waals surface area contributed by atoms with Crippen LogP contribution in [0.25, 0.3) is 5.69 Å². The Labute approximate surface area is 121 Å². The number of anilines is 1. The van der Waals surface area contributed by atoms with Gasteiger partial charge in [0.05, 0.1) is 16.4 Å². The van der Waals surface area contributed by atoms with E-state index >= 15 is 0 Å². The summed E-state index contributed by atoms with van der Waals surface area (Å²) < 4.78 is 1.61. The van der Waals surface area contributed by atoms with Crippen LogP contribution in [0.2, 0.25) is 5.02 Å². The average molecular weight is 298 g/mol. The Bertz CT molecular complexity index is 503. The van der Waals surface area contributed by atoms with Crippen LogP contribution in [0, 0.1) is 0 Å². The molecule has 0 aliphatic carbocycles. The van der Waals surface area contributed by atoms with Crippen molar-refractivity contribution in [3.05, 3.63) is 29.5 Å². The topological polar surface area (TPSA) is 55.6 Å². The van der Waals surface area contributed by atoms with E-state index in [1.165, 1.54) is 12.2 Å². The summed E-state index contributed by atoms with van der Waals surface area (Å²) in [4.78, 5) is 0. The number of hydrogen-bond acceptors (Lipinski definition) is 5. The number of aromatic nitrogens is 4. The summed E-state index contributed by atoms with van der Waals surface area (Å²) in [7, 11) is 0. The van der Waals surface area contributed by atoms with Gasteiger partial charge in [-0.15, -0.1) is 5.10 Å². The van der Waals surface area contributed by atoms with Crippen LogP contribution in [0.4, 0.5) is 5.69 Å². The summed E-state index contributed by atoms with van der Waals surface area (Å²) in [6.45, 7) is 0.916. The van der Waals surface area contributed by atoms with Crippen LogP contribution in [0.1, 0.15) is 12.8 Å². The molecular formula is C12H16ClN5S. The first kappa shape index (κ1) is 14.1. The maximum Gasteiger partial charge on any atom is 0.143 e. The first-order valence-corrected chi connectivity index (χ1v) is 7.84. The van der Waals surface area contributed by atoms with Crippen molar-refractivity contribution in [3.8, 4) is 5.69 Å². The predicted molar refractivity (Wildman–Crippen MR) is 80.3 cm³/mol. The summed E-state index contributed by atoms with van der Waals surface area (Å²) >= 11 is 8.04. The molecule has 2 rings (SSSR count). The van der Waals surface area contributed by atoms with Crippen molar-refractivity contribution in [1.82, 2.24) is 20.2 Å². The van der Waals surface area contributed by atoms with Crippen molar-refractivity contribution in [2.45, 2.75) is 12.8 Å². The molecule has 5 nitrogen and oxygen atoms in total. The van der Waals surface area contributed by atoms with Crippen LogP contribution >= 0.6 is 23.4 Å². The number of nitrogens with zero attached hydrogens (tertiary/aromatic N) is 4. The number of rotatable bonds is 7. The molecule has 1 N–H and O–H groups in total. The Balaban J connectivity index is 1.98. The van der Waals surface area contributed by atoms with Crippen molar-refractivity contribution in [3.63, 3.8) is 0 Å². The molecule has 0 aliphatic heterocycles. The molecular weight excluding hydrogens is 282 g/mol. The highest BCUT2D eigenvalue weighted by molar-refractivity contribution is 7.98. The fourth-order valence-electron chi connectivity index (χ4n) is 1.67. The third kappa shape index (κ3) is 4.11. The average Bonchev–Trinajstić information content (AvgIpc) is 2.94. The summed E-state index contributed by atoms with van der Waals surface area (Å²) in [5.41, 5.74) is 1.81. The van der Waals surface area contributed by atoms with Crippen LogP contribution in [0.15, 0.2) is 24.5 Å². The Kier molecular flexibility index (Phi) is 5.47. The molecule has 2 aromatic rings. The lowest BCUT2D eigenvalue weighted by Gasteiger charge is -2.10. The standard InChI is InChI=1S/C12H16ClN5S/c1-19-7-3-2-6-14-12-8-10(4-5-11(12)13)18-9-15-16-17-18/h4-5,8-9,14H,2-3,6-7H2,1H3. The van der Waals surface area contributed by atoms with E-state index in [0.717, 1.165) is 24.3 Å². The van der Waals surface area contributed by atoms with E-state index in [4.69, 9.17) is 11.6 Å². The number of unbranched alkanes of at least 4 members (excludes halogenated alkanes) is 1. The molecule has 0 fully saturated rings. The van der Waals surface area contributed by atoms with Crippen molar-refractivity contribution in [2.24, 2.45) is 0 Å². The van der Waals surface area contributed by atoms with Gasteiger partial charge in [-0.25, -0.2) is 4.68 Å². The Hall–Kier alpha value is -1.27. The van der Waals surface area contributed by atoms with Gasteiger partial charge in [-0.1, -0.05) is 11.6 Å². The molecule has 0 bridgehead atoms. The zero-order valence-electron chi connectivity index (χ0n) is 10.7. The second-order valence-electron chi connectivity index (χ2n) is 4.05. The molecule has 0 radical (unpaired) electrons. The van der Waals surface area contributed by atoms with E-state index in [-0.39, 0.29) is 0 Å². The molecule has 0 saturated heterocycles. The molecule has 1 heterocycles. The minimum Gasteiger partial charge on any atom is -0.384 e. The molecule has 19 heavy (non-hydrogen) atoms. The third-order valence-corrected chi connectivity index (χ3v) is 3.68. The second-order valence-corrected chi connectivity index (χ2v) is 5.44. The van der Waals surface area contributed by atoms with E-state index < -0.39 is 0 Å². The summed E-state index contributed by atoms with van der Waals surface area (Å²) in [5.74, 6) is 1.19. The van der Waals surface area contributed by atoms with E-state index in [1.54, 1.807) is 11.0 Å². The lowest BCUT2D eigenvalue weighted by atomic mass is 10.2. The van der Waals surface area contributed by atoms with Crippen LogP contribution in [0.3, 0.4) is 0 Å². The highest BCUT2D eigenvalue weighted by atomic mass is 35.5. The summed E-state index contributed by atoms with van der Waals surface area (Å²) in [6, 6.07) is 5.69. The van der Waals surface area contributed by atoms with Gasteiger partial charge < -0.3 is 5.32 Å². The van der Waals surface area contributed by atoms with E-state index in [0.29, 0.717) is 5.02 Å². The Morgan fingerprint density at radius 3 is 3.00 bits per heavy atom. The quantitative estimate of drug-likeness (QED) is 0.796. The number of benzene rings is 1. The van der Waals surface area contributed by atoms with E-state index in [1.807, 2.05) is 30.0 Å². The van der Waals surface area contributed by atoms with Crippen LogP contribution in [-0.2, 0) is 0 Å². The third-order valence-electron chi connectivity index (χ3n) is 2.65. The molecule has 0 spiro atoms. The number of thioether (sulfide) groups is 1. The van der Waals surface area contributed by atoms with Crippen molar-refractivity contribution >= 4 is 29.1 Å². The zero-order valence-corrected chi connectivity index (χ0v) is 12.3. The van der Waals surface area contributed by atoms with Gasteiger partial charge in [0.2, 0.25) is 0 Å². The predicted octanol–water partition coefficient (Wildman–Crippen LogP) is 2.87. The lowest BCUT2D eigenvalue weighted by molar-refractivity contribution is 0.789. The fraction of sp³-hybridized carbons (Fsp3) is 0.417. The maximum absolute atomic E-state index is 6.17. The molecule has 0 amide bonds. The Morgan fingerprint density at radius 2 is 2.26 bits per heavy atom. The molecule has 0 unspecified atom stereocenters. The molecule has 0 saturated carbocycles. The van der Waals surface area contributed by atoms with Crippen molar-refractivity contribution in [1.29, 1.82) is 0 Å². The van der Waals surface area contributed by atoms with E-state index in [9.17, 15) is 0 Å². The van der Waals surface area contributed by atoms with Crippen LogP contribution < -0.4 is 5.32 Å². The van der Waals surface area contributed by atoms with Gasteiger partial charge in [-0.2, -0.15) is 11.8 Å². The van der Waals surface area contributed by atoms with Crippen molar-refractivity contribution < 1.29 is 0 Å². The van der Waals surface area contributed by atoms with E-state index in [2.05, 4.69) is 27.1 Å². The first-order chi connectivity index (χ1) is 9.31. The molecule has 7 heteroatoms. The normalized spacial score (nSPS) is 10.6. The minimum absolute atomic E-state index is 0.710. The minimum atomic E-state index is 0.710. The lowest BCUT2D eigenvalue weighted by Crippen LogP contribution is -2.04. The SMILES string of the molecule is CSCCCCNc1cc(-n2cnnn2)ccc1Cl. The molecule has 0 atom stereocenters. The highest BCUT2D eigenvalue weighted by Gasteiger charge is 2.04. The fourth-order valence-corrected chi connectivity index (χ4v) is 2.34. The highest BCUT2D eigenvalue weighted by Crippen LogP contribution is 2.24. The van der Waals surface area contributed by atoms with Crippen LogP contribution in [-0.4, -0.2) is 38.8 Å². The zero-order chi connectivity index (χ0) is 13.5. The molecule has 1 aromatic carbocycles. The Morgan fingerprint density at radius 1 is 1.37 bits per heavy atom. The molecule has 102 valence electrons. The summed E-state index contributed by atoms with van der Waals surface area (Å²) in [5, 5.41) is 15.2. The smallest absolute Gasteiger partial charge is 0.143 e. The second kappa shape index (κ2) is 7.35. The first-order valence-electron chi connectivity index (χ1n) is 6.07. The maximum atomic E-state index is 6.17. The van der Waals surface area contributed by atoms with Gasteiger partial charge in [-0.3, -0.25) is 0 Å². The monoisotopic (exact) mass is 297 g/mol. The van der Waals surface area contributed by atoms with Crippen LogP contribution in [0.5, 0.6) is 0 Å².